The van der Waals surface area contributed by atoms with Gasteiger partial charge in [-0.25, -0.2) is 14.4 Å². The Morgan fingerprint density at radius 2 is 1.16 bits per heavy atom. The van der Waals surface area contributed by atoms with Crippen LogP contribution >= 0.6 is 0 Å². The zero-order valence-corrected chi connectivity index (χ0v) is 32.4. The van der Waals surface area contributed by atoms with E-state index in [-0.39, 0.29) is 49.6 Å². The van der Waals surface area contributed by atoms with E-state index in [1.54, 1.807) is 19.1 Å². The van der Waals surface area contributed by atoms with Crippen molar-refractivity contribution in [2.45, 2.75) is 70.3 Å². The molecule has 55 heavy (non-hydrogen) atoms. The second-order valence-electron chi connectivity index (χ2n) is 14.6. The van der Waals surface area contributed by atoms with E-state index in [0.29, 0.717) is 34.8 Å². The van der Waals surface area contributed by atoms with Gasteiger partial charge in [0, 0.05) is 19.8 Å². The molecule has 2 aliphatic rings. The molecule has 0 bridgehead atoms. The highest BCUT2D eigenvalue weighted by Crippen LogP contribution is 2.46. The molecule has 9 nitrogen and oxygen atoms in total. The van der Waals surface area contributed by atoms with Gasteiger partial charge in [-0.15, -0.1) is 0 Å². The minimum absolute atomic E-state index is 0.000743. The van der Waals surface area contributed by atoms with E-state index in [0.717, 1.165) is 55.2 Å². The minimum Gasteiger partial charge on any atom is -0.490 e. The van der Waals surface area contributed by atoms with Gasteiger partial charge in [0.1, 0.15) is 30.8 Å². The lowest BCUT2D eigenvalue weighted by atomic mass is 9.69. The van der Waals surface area contributed by atoms with Crippen LogP contribution in [0.4, 0.5) is 0 Å². The maximum atomic E-state index is 12.3. The molecule has 2 fully saturated rings. The summed E-state index contributed by atoms with van der Waals surface area (Å²) in [5, 5.41) is 0. The van der Waals surface area contributed by atoms with Gasteiger partial charge in [0.2, 0.25) is 0 Å². The van der Waals surface area contributed by atoms with E-state index in [4.69, 9.17) is 28.4 Å². The fourth-order valence-electron chi connectivity index (χ4n) is 7.66. The molecule has 0 heterocycles. The van der Waals surface area contributed by atoms with Gasteiger partial charge in [-0.2, -0.15) is 0 Å². The average molecular weight is 751 g/mol. The number of hydrogen-bond donors (Lipinski definition) is 0. The maximum Gasteiger partial charge on any atom is 0.341 e. The third-order valence-electron chi connectivity index (χ3n) is 10.6. The normalized spacial score (nSPS) is 19.5. The first-order valence-electron chi connectivity index (χ1n) is 19.1. The molecule has 292 valence electrons. The van der Waals surface area contributed by atoms with Crippen LogP contribution in [0.2, 0.25) is 0 Å². The Morgan fingerprint density at radius 3 is 1.76 bits per heavy atom. The largest absolute Gasteiger partial charge is 0.490 e. The van der Waals surface area contributed by atoms with E-state index in [9.17, 15) is 14.4 Å². The summed E-state index contributed by atoms with van der Waals surface area (Å²) < 4.78 is 32.2. The monoisotopic (exact) mass is 750 g/mol. The van der Waals surface area contributed by atoms with Crippen molar-refractivity contribution in [2.24, 2.45) is 11.8 Å². The molecule has 0 spiro atoms. The van der Waals surface area contributed by atoms with Crippen LogP contribution < -0.4 is 9.47 Å². The molecule has 0 aliphatic heterocycles. The number of ether oxygens (including phenoxy) is 6. The van der Waals surface area contributed by atoms with Crippen molar-refractivity contribution in [1.29, 1.82) is 0 Å². The number of benzene rings is 3. The zero-order valence-electron chi connectivity index (χ0n) is 32.4. The molecule has 0 unspecified atom stereocenters. The molecular formula is C46H54O9. The Labute approximate surface area is 325 Å². The summed E-state index contributed by atoms with van der Waals surface area (Å²) in [6, 6.07) is 22.2. The SMILES string of the molecule is C=C(C)C(=O)OC1CCC(C2CCC(c3cc(-c4ccc(OC(=O)C(=C)COC)cc4)ccc3-c3ccc(OCCOC(=O)C(=C)COC)cc3)CC2)CC1. The van der Waals surface area contributed by atoms with Gasteiger partial charge in [-0.1, -0.05) is 62.2 Å². The number of rotatable bonds is 17. The molecule has 5 rings (SSSR count). The minimum atomic E-state index is -0.514. The third kappa shape index (κ3) is 11.5. The Hall–Kier alpha value is -4.99. The first kappa shape index (κ1) is 41.2. The summed E-state index contributed by atoms with van der Waals surface area (Å²) in [7, 11) is 3.01. The fraction of sp³-hybridized carbons (Fsp3) is 0.413. The van der Waals surface area contributed by atoms with Crippen LogP contribution in [0.5, 0.6) is 11.5 Å². The molecule has 3 aromatic rings. The van der Waals surface area contributed by atoms with Crippen molar-refractivity contribution >= 4 is 17.9 Å². The lowest BCUT2D eigenvalue weighted by molar-refractivity contribution is -0.146. The Kier molecular flexibility index (Phi) is 15.0. The van der Waals surface area contributed by atoms with Crippen LogP contribution in [0.1, 0.15) is 69.8 Å². The van der Waals surface area contributed by atoms with Crippen molar-refractivity contribution in [3.8, 4) is 33.8 Å². The average Bonchev–Trinajstić information content (AvgIpc) is 3.20. The van der Waals surface area contributed by atoms with Crippen LogP contribution in [0.25, 0.3) is 22.3 Å². The molecular weight excluding hydrogens is 696 g/mol. The third-order valence-corrected chi connectivity index (χ3v) is 10.6. The molecule has 3 aromatic carbocycles. The van der Waals surface area contributed by atoms with Crippen molar-refractivity contribution < 1.29 is 42.8 Å². The first-order chi connectivity index (χ1) is 26.6. The lowest BCUT2D eigenvalue weighted by Gasteiger charge is -2.38. The number of methoxy groups -OCH3 is 2. The summed E-state index contributed by atoms with van der Waals surface area (Å²) in [4.78, 5) is 36.4. The summed E-state index contributed by atoms with van der Waals surface area (Å²) in [5.74, 6) is 1.56. The highest BCUT2D eigenvalue weighted by molar-refractivity contribution is 5.90. The fourth-order valence-corrected chi connectivity index (χ4v) is 7.66. The molecule has 0 radical (unpaired) electrons. The van der Waals surface area contributed by atoms with Gasteiger partial charge in [0.05, 0.1) is 24.4 Å². The summed E-state index contributed by atoms with van der Waals surface area (Å²) in [5.41, 5.74) is 6.68. The van der Waals surface area contributed by atoms with Gasteiger partial charge in [0.25, 0.3) is 0 Å². The van der Waals surface area contributed by atoms with Crippen molar-refractivity contribution in [2.75, 3.05) is 40.6 Å². The van der Waals surface area contributed by atoms with Crippen LogP contribution in [0.15, 0.2) is 103 Å². The molecule has 0 atom stereocenters. The summed E-state index contributed by atoms with van der Waals surface area (Å²) in [6.07, 6.45) is 8.56. The van der Waals surface area contributed by atoms with Crippen molar-refractivity contribution in [1.82, 2.24) is 0 Å². The Morgan fingerprint density at radius 1 is 0.618 bits per heavy atom. The second kappa shape index (κ2) is 20.1. The highest BCUT2D eigenvalue weighted by Gasteiger charge is 2.33. The van der Waals surface area contributed by atoms with E-state index in [1.165, 1.54) is 38.2 Å². The second-order valence-corrected chi connectivity index (χ2v) is 14.6. The summed E-state index contributed by atoms with van der Waals surface area (Å²) in [6.45, 7) is 13.4. The number of carbonyl (C=O) groups is 3. The topological polar surface area (TPSA) is 107 Å². The van der Waals surface area contributed by atoms with Crippen molar-refractivity contribution in [3.05, 3.63) is 109 Å². The maximum absolute atomic E-state index is 12.3. The van der Waals surface area contributed by atoms with E-state index < -0.39 is 11.9 Å². The number of carbonyl (C=O) groups excluding carboxylic acids is 3. The van der Waals surface area contributed by atoms with E-state index in [2.05, 4.69) is 50.1 Å². The Bertz CT molecular complexity index is 1810. The van der Waals surface area contributed by atoms with Crippen LogP contribution in [-0.2, 0) is 33.3 Å². The van der Waals surface area contributed by atoms with Crippen LogP contribution in [0, 0.1) is 11.8 Å². The predicted molar refractivity (Wildman–Crippen MR) is 213 cm³/mol. The quantitative estimate of drug-likeness (QED) is 0.0578. The number of esters is 3. The van der Waals surface area contributed by atoms with E-state index in [1.807, 2.05) is 24.3 Å². The molecule has 2 saturated carbocycles. The molecule has 0 N–H and O–H groups in total. The molecule has 0 amide bonds. The number of hydrogen-bond acceptors (Lipinski definition) is 9. The van der Waals surface area contributed by atoms with Crippen molar-refractivity contribution in [3.63, 3.8) is 0 Å². The molecule has 0 saturated heterocycles. The molecule has 0 aromatic heterocycles. The lowest BCUT2D eigenvalue weighted by Crippen LogP contribution is -2.29. The van der Waals surface area contributed by atoms with Gasteiger partial charge in [-0.3, -0.25) is 0 Å². The van der Waals surface area contributed by atoms with Gasteiger partial charge in [0.15, 0.2) is 0 Å². The van der Waals surface area contributed by atoms with Gasteiger partial charge >= 0.3 is 17.9 Å². The van der Waals surface area contributed by atoms with Gasteiger partial charge in [-0.05, 0) is 128 Å². The van der Waals surface area contributed by atoms with Crippen LogP contribution in [-0.4, -0.2) is 64.7 Å². The predicted octanol–water partition coefficient (Wildman–Crippen LogP) is 9.21. The smallest absolute Gasteiger partial charge is 0.341 e. The van der Waals surface area contributed by atoms with Gasteiger partial charge < -0.3 is 28.4 Å². The standard InChI is InChI=1S/C46H54O9/c1-30(2)44(47)54-40-20-11-34(12-21-40)33-7-9-37(10-8-33)43-27-38(35-13-22-41(23-14-35)55-46(49)32(4)29-51-6)17-24-42(43)36-15-18-39(19-16-36)52-25-26-53-45(48)31(3)28-50-5/h13-19,22-24,27,33-34,37,40H,1,3-4,7-12,20-21,25-26,28-29H2,2,5-6H3. The molecule has 2 aliphatic carbocycles. The Balaban J connectivity index is 1.28. The highest BCUT2D eigenvalue weighted by atomic mass is 16.6. The first-order valence-corrected chi connectivity index (χ1v) is 19.1. The summed E-state index contributed by atoms with van der Waals surface area (Å²) >= 11 is 0. The molecule has 9 heteroatoms. The van der Waals surface area contributed by atoms with E-state index >= 15 is 0 Å². The van der Waals surface area contributed by atoms with Crippen LogP contribution in [0.3, 0.4) is 0 Å². The zero-order chi connectivity index (χ0) is 39.3.